The van der Waals surface area contributed by atoms with Crippen molar-refractivity contribution in [3.05, 3.63) is 39.8 Å². The maximum Gasteiger partial charge on any atom is 0.107 e. The summed E-state index contributed by atoms with van der Waals surface area (Å²) in [7, 11) is 0. The fourth-order valence-corrected chi connectivity index (χ4v) is 1.64. The molecule has 4 N–H and O–H groups in total. The molecule has 0 saturated heterocycles. The second kappa shape index (κ2) is 6.26. The van der Waals surface area contributed by atoms with Crippen LogP contribution in [0.3, 0.4) is 0 Å². The van der Waals surface area contributed by atoms with E-state index in [0.29, 0.717) is 17.2 Å². The van der Waals surface area contributed by atoms with Gasteiger partial charge < -0.3 is 15.9 Å². The van der Waals surface area contributed by atoms with Crippen LogP contribution in [0.5, 0.6) is 0 Å². The fourth-order valence-electron chi connectivity index (χ4n) is 1.64. The zero-order valence-corrected chi connectivity index (χ0v) is 10.5. The number of aliphatic hydroxyl groups excluding tert-OH is 2. The Balaban J connectivity index is 2.99. The zero-order valence-electron chi connectivity index (χ0n) is 10.5. The van der Waals surface area contributed by atoms with Crippen LogP contribution in [-0.4, -0.2) is 22.9 Å². The maximum atomic E-state index is 9.99. The van der Waals surface area contributed by atoms with Gasteiger partial charge in [0.05, 0.1) is 12.6 Å². The van der Waals surface area contributed by atoms with Crippen LogP contribution < -0.4 is 5.73 Å². The van der Waals surface area contributed by atoms with Gasteiger partial charge in [0.25, 0.3) is 0 Å². The summed E-state index contributed by atoms with van der Waals surface area (Å²) in [6.45, 7) is 3.86. The van der Waals surface area contributed by atoms with E-state index in [2.05, 4.69) is 10.0 Å². The highest BCUT2D eigenvalue weighted by atomic mass is 16.3. The second-order valence-corrected chi connectivity index (χ2v) is 4.47. The summed E-state index contributed by atoms with van der Waals surface area (Å²) < 4.78 is 0. The van der Waals surface area contributed by atoms with E-state index in [-0.39, 0.29) is 6.54 Å². The molecule has 0 fully saturated rings. The lowest BCUT2D eigenvalue weighted by atomic mass is 9.95. The minimum Gasteiger partial charge on any atom is -0.398 e. The Morgan fingerprint density at radius 3 is 2.61 bits per heavy atom. The van der Waals surface area contributed by atoms with Crippen LogP contribution >= 0.6 is 0 Å². The average Bonchev–Trinajstić information content (AvgIpc) is 2.35. The highest BCUT2D eigenvalue weighted by Crippen LogP contribution is 2.27. The van der Waals surface area contributed by atoms with Crippen molar-refractivity contribution < 1.29 is 10.2 Å². The summed E-state index contributed by atoms with van der Waals surface area (Å²) >= 11 is 0. The van der Waals surface area contributed by atoms with Gasteiger partial charge in [-0.2, -0.15) is 0 Å². The highest BCUT2D eigenvalue weighted by molar-refractivity contribution is 5.50. The van der Waals surface area contributed by atoms with Gasteiger partial charge in [0, 0.05) is 16.2 Å². The summed E-state index contributed by atoms with van der Waals surface area (Å²) in [6, 6.07) is 5.36. The number of nitrogens with two attached hydrogens (primary N) is 1. The summed E-state index contributed by atoms with van der Waals surface area (Å²) in [4.78, 5) is 2.54. The normalized spacial score (nSPS) is 14.1. The fraction of sp³-hybridized carbons (Fsp3) is 0.500. The molecule has 0 bridgehead atoms. The van der Waals surface area contributed by atoms with Crippen molar-refractivity contribution in [1.82, 2.24) is 0 Å². The number of anilines is 1. The van der Waals surface area contributed by atoms with Gasteiger partial charge in [0.2, 0.25) is 0 Å². The molecule has 98 valence electrons. The third kappa shape index (κ3) is 3.37. The van der Waals surface area contributed by atoms with Crippen molar-refractivity contribution in [3.63, 3.8) is 0 Å². The van der Waals surface area contributed by atoms with Crippen LogP contribution in [0.1, 0.15) is 37.0 Å². The molecule has 1 aromatic carbocycles. The Kier molecular flexibility index (Phi) is 4.97. The number of hydrogen-bond donors (Lipinski definition) is 3. The first-order valence-electron chi connectivity index (χ1n) is 5.73. The number of aliphatic hydroxyl groups is 2. The van der Waals surface area contributed by atoms with E-state index in [1.54, 1.807) is 12.1 Å². The lowest BCUT2D eigenvalue weighted by Crippen LogP contribution is -2.22. The molecule has 0 aliphatic heterocycles. The van der Waals surface area contributed by atoms with Gasteiger partial charge in [-0.05, 0) is 23.1 Å². The first-order chi connectivity index (χ1) is 8.47. The Morgan fingerprint density at radius 1 is 1.39 bits per heavy atom. The molecule has 6 nitrogen and oxygen atoms in total. The topological polar surface area (TPSA) is 115 Å². The monoisotopic (exact) mass is 250 g/mol. The minimum absolute atomic E-state index is 0.191. The Bertz CT molecular complexity index is 455. The van der Waals surface area contributed by atoms with Gasteiger partial charge in [0.1, 0.15) is 6.10 Å². The molecule has 0 radical (unpaired) electrons. The standard InChI is InChI=1S/C12H18N4O2/c1-7(2)8-3-4-10(13)9(5-8)12(18)11(17)6-15-16-14/h3-5,7,11-12,17-18H,6,13H2,1-2H3. The average molecular weight is 250 g/mol. The molecule has 0 aliphatic rings. The molecule has 0 saturated carbocycles. The van der Waals surface area contributed by atoms with E-state index in [4.69, 9.17) is 11.3 Å². The maximum absolute atomic E-state index is 9.99. The lowest BCUT2D eigenvalue weighted by Gasteiger charge is -2.19. The van der Waals surface area contributed by atoms with Crippen LogP contribution in [0, 0.1) is 0 Å². The first-order valence-corrected chi connectivity index (χ1v) is 5.73. The Morgan fingerprint density at radius 2 is 2.06 bits per heavy atom. The van der Waals surface area contributed by atoms with E-state index in [9.17, 15) is 10.2 Å². The number of nitrogens with zero attached hydrogens (tertiary/aromatic N) is 3. The molecular weight excluding hydrogens is 232 g/mol. The molecule has 0 amide bonds. The van der Waals surface area contributed by atoms with Crippen LogP contribution in [0.2, 0.25) is 0 Å². The molecule has 2 unspecified atom stereocenters. The minimum atomic E-state index is -1.16. The number of azide groups is 1. The first kappa shape index (κ1) is 14.3. The zero-order chi connectivity index (χ0) is 13.7. The number of benzene rings is 1. The third-order valence-electron chi connectivity index (χ3n) is 2.79. The Labute approximate surface area is 106 Å². The third-order valence-corrected chi connectivity index (χ3v) is 2.79. The van der Waals surface area contributed by atoms with Crippen molar-refractivity contribution in [2.24, 2.45) is 5.11 Å². The van der Waals surface area contributed by atoms with Crippen molar-refractivity contribution >= 4 is 5.69 Å². The van der Waals surface area contributed by atoms with E-state index in [1.165, 1.54) is 0 Å². The summed E-state index contributed by atoms with van der Waals surface area (Å²) in [5.74, 6) is 0.297. The molecule has 0 aliphatic carbocycles. The van der Waals surface area contributed by atoms with Gasteiger partial charge in [-0.1, -0.05) is 31.1 Å². The molecular formula is C12H18N4O2. The van der Waals surface area contributed by atoms with E-state index < -0.39 is 12.2 Å². The predicted molar refractivity (Wildman–Crippen MR) is 69.9 cm³/mol. The molecule has 1 aromatic rings. The van der Waals surface area contributed by atoms with Gasteiger partial charge >= 0.3 is 0 Å². The quantitative estimate of drug-likeness (QED) is 0.321. The van der Waals surface area contributed by atoms with Crippen LogP contribution in [-0.2, 0) is 0 Å². The summed E-state index contributed by atoms with van der Waals surface area (Å²) in [6.07, 6.45) is -2.32. The van der Waals surface area contributed by atoms with Crippen LogP contribution in [0.15, 0.2) is 23.3 Å². The van der Waals surface area contributed by atoms with Crippen LogP contribution in [0.4, 0.5) is 5.69 Å². The predicted octanol–water partition coefficient (Wildman–Crippen LogP) is 2.10. The molecule has 6 heteroatoms. The summed E-state index contributed by atoms with van der Waals surface area (Å²) in [5, 5.41) is 22.9. The van der Waals surface area contributed by atoms with Crippen molar-refractivity contribution in [2.75, 3.05) is 12.3 Å². The van der Waals surface area contributed by atoms with Crippen molar-refractivity contribution in [1.29, 1.82) is 0 Å². The Hall–Kier alpha value is -1.75. The van der Waals surface area contributed by atoms with E-state index >= 15 is 0 Å². The number of nitrogen functional groups attached to an aromatic ring is 1. The SMILES string of the molecule is CC(C)c1ccc(N)c(C(O)C(O)CN=[N+]=[N-])c1. The molecule has 0 aromatic heterocycles. The van der Waals surface area contributed by atoms with Gasteiger partial charge in [-0.25, -0.2) is 0 Å². The lowest BCUT2D eigenvalue weighted by molar-refractivity contribution is 0.0248. The van der Waals surface area contributed by atoms with Crippen molar-refractivity contribution in [2.45, 2.75) is 32.0 Å². The van der Waals surface area contributed by atoms with Crippen molar-refractivity contribution in [3.8, 4) is 0 Å². The van der Waals surface area contributed by atoms with Gasteiger partial charge in [0.15, 0.2) is 0 Å². The molecule has 2 atom stereocenters. The molecule has 1 rings (SSSR count). The molecule has 18 heavy (non-hydrogen) atoms. The second-order valence-electron chi connectivity index (χ2n) is 4.47. The van der Waals surface area contributed by atoms with E-state index in [1.807, 2.05) is 19.9 Å². The van der Waals surface area contributed by atoms with Gasteiger partial charge in [-0.3, -0.25) is 0 Å². The molecule has 0 heterocycles. The highest BCUT2D eigenvalue weighted by Gasteiger charge is 2.20. The smallest absolute Gasteiger partial charge is 0.107 e. The number of hydrogen-bond acceptors (Lipinski definition) is 4. The number of rotatable bonds is 5. The van der Waals surface area contributed by atoms with E-state index in [0.717, 1.165) is 5.56 Å². The van der Waals surface area contributed by atoms with Gasteiger partial charge in [-0.15, -0.1) is 0 Å². The summed E-state index contributed by atoms with van der Waals surface area (Å²) in [5.41, 5.74) is 15.9. The largest absolute Gasteiger partial charge is 0.398 e. The molecule has 0 spiro atoms. The van der Waals surface area contributed by atoms with Crippen LogP contribution in [0.25, 0.3) is 10.4 Å².